The smallest absolute Gasteiger partial charge is 0.263 e. The van der Waals surface area contributed by atoms with Crippen LogP contribution in [0.2, 0.25) is 0 Å². The zero-order chi connectivity index (χ0) is 13.1. The molecule has 0 fully saturated rings. The highest BCUT2D eigenvalue weighted by atomic mass is 16.4. The van der Waals surface area contributed by atoms with Crippen LogP contribution in [-0.4, -0.2) is 11.0 Å². The molecule has 5 heteroatoms. The largest absolute Gasteiger partial charge is 0.502 e. The maximum Gasteiger partial charge on any atom is 0.263 e. The minimum Gasteiger partial charge on any atom is -0.502 e. The van der Waals surface area contributed by atoms with Gasteiger partial charge < -0.3 is 14.8 Å². The Bertz CT molecular complexity index is 631. The van der Waals surface area contributed by atoms with E-state index in [1.165, 1.54) is 6.92 Å². The van der Waals surface area contributed by atoms with Crippen molar-refractivity contribution in [1.82, 2.24) is 0 Å². The van der Waals surface area contributed by atoms with Crippen molar-refractivity contribution in [2.45, 2.75) is 6.92 Å². The predicted molar refractivity (Wildman–Crippen MR) is 65.8 cm³/mol. The van der Waals surface area contributed by atoms with Gasteiger partial charge in [0.2, 0.25) is 5.43 Å². The highest BCUT2D eigenvalue weighted by Crippen LogP contribution is 2.12. The molecule has 0 aliphatic heterocycles. The van der Waals surface area contributed by atoms with Gasteiger partial charge in [-0.2, -0.15) is 0 Å². The first-order chi connectivity index (χ1) is 8.59. The average Bonchev–Trinajstić information content (AvgIpc) is 2.36. The van der Waals surface area contributed by atoms with Gasteiger partial charge in [0.15, 0.2) is 5.75 Å². The van der Waals surface area contributed by atoms with Crippen molar-refractivity contribution in [3.8, 4) is 5.75 Å². The van der Waals surface area contributed by atoms with E-state index in [0.717, 1.165) is 6.26 Å². The maximum absolute atomic E-state index is 11.9. The van der Waals surface area contributed by atoms with Gasteiger partial charge in [-0.15, -0.1) is 0 Å². The first-order valence-electron chi connectivity index (χ1n) is 5.27. The summed E-state index contributed by atoms with van der Waals surface area (Å²) in [6.45, 7) is 1.49. The van der Waals surface area contributed by atoms with Gasteiger partial charge in [-0.1, -0.05) is 18.2 Å². The van der Waals surface area contributed by atoms with Crippen LogP contribution < -0.4 is 10.7 Å². The summed E-state index contributed by atoms with van der Waals surface area (Å²) >= 11 is 0. The molecule has 0 bridgehead atoms. The third-order valence-electron chi connectivity index (χ3n) is 2.42. The van der Waals surface area contributed by atoms with Gasteiger partial charge in [0.25, 0.3) is 5.91 Å². The molecule has 5 nitrogen and oxygen atoms in total. The lowest BCUT2D eigenvalue weighted by atomic mass is 10.2. The highest BCUT2D eigenvalue weighted by Gasteiger charge is 2.18. The SMILES string of the molecule is Cc1occ(O)c(=O)c1C(=O)Nc1ccccc1. The Morgan fingerprint density at radius 2 is 1.94 bits per heavy atom. The Balaban J connectivity index is 2.36. The summed E-state index contributed by atoms with van der Waals surface area (Å²) in [6.07, 6.45) is 0.914. The van der Waals surface area contributed by atoms with E-state index in [1.807, 2.05) is 6.07 Å². The van der Waals surface area contributed by atoms with Gasteiger partial charge in [0.05, 0.1) is 0 Å². The molecule has 2 rings (SSSR count). The summed E-state index contributed by atoms with van der Waals surface area (Å²) in [5.41, 5.74) is -0.379. The number of hydrogen-bond donors (Lipinski definition) is 2. The molecule has 1 amide bonds. The van der Waals surface area contributed by atoms with Crippen molar-refractivity contribution in [2.24, 2.45) is 0 Å². The molecule has 0 atom stereocenters. The molecule has 18 heavy (non-hydrogen) atoms. The van der Waals surface area contributed by atoms with Gasteiger partial charge in [-0.05, 0) is 19.1 Å². The Labute approximate surface area is 103 Å². The van der Waals surface area contributed by atoms with Crippen molar-refractivity contribution in [3.63, 3.8) is 0 Å². The van der Waals surface area contributed by atoms with Crippen LogP contribution in [0.4, 0.5) is 5.69 Å². The van der Waals surface area contributed by atoms with E-state index in [9.17, 15) is 14.7 Å². The van der Waals surface area contributed by atoms with E-state index in [2.05, 4.69) is 5.32 Å². The van der Waals surface area contributed by atoms with Crippen LogP contribution in [0.15, 0.2) is 45.8 Å². The molecule has 1 aromatic carbocycles. The molecule has 0 aliphatic rings. The summed E-state index contributed by atoms with van der Waals surface area (Å²) in [6, 6.07) is 8.71. The molecular weight excluding hydrogens is 234 g/mol. The summed E-state index contributed by atoms with van der Waals surface area (Å²) in [5.74, 6) is -1.03. The molecule has 0 unspecified atom stereocenters. The standard InChI is InChI=1S/C13H11NO4/c1-8-11(12(16)10(15)7-18-8)13(17)14-9-5-3-2-4-6-9/h2-7,15H,1H3,(H,14,17). The first kappa shape index (κ1) is 11.9. The van der Waals surface area contributed by atoms with Crippen molar-refractivity contribution < 1.29 is 14.3 Å². The van der Waals surface area contributed by atoms with Gasteiger partial charge >= 0.3 is 0 Å². The highest BCUT2D eigenvalue weighted by molar-refractivity contribution is 6.04. The number of aryl methyl sites for hydroxylation is 1. The molecule has 0 aliphatic carbocycles. The summed E-state index contributed by atoms with van der Waals surface area (Å²) in [7, 11) is 0. The maximum atomic E-state index is 11.9. The molecule has 0 saturated carbocycles. The quantitative estimate of drug-likeness (QED) is 0.846. The molecule has 0 saturated heterocycles. The monoisotopic (exact) mass is 245 g/mol. The number of para-hydroxylation sites is 1. The number of carbonyl (C=O) groups is 1. The van der Waals surface area contributed by atoms with Crippen molar-refractivity contribution in [1.29, 1.82) is 0 Å². The van der Waals surface area contributed by atoms with E-state index >= 15 is 0 Å². The predicted octanol–water partition coefficient (Wildman–Crippen LogP) is 1.91. The van der Waals surface area contributed by atoms with Crippen LogP contribution in [0.5, 0.6) is 5.75 Å². The zero-order valence-electron chi connectivity index (χ0n) is 9.64. The number of benzene rings is 1. The fraction of sp³-hybridized carbons (Fsp3) is 0.0769. The van der Waals surface area contributed by atoms with Crippen LogP contribution in [0.1, 0.15) is 16.1 Å². The number of anilines is 1. The number of hydrogen-bond acceptors (Lipinski definition) is 4. The van der Waals surface area contributed by atoms with Crippen LogP contribution in [0, 0.1) is 6.92 Å². The minimum atomic E-state index is -0.743. The van der Waals surface area contributed by atoms with E-state index in [-0.39, 0.29) is 11.3 Å². The Morgan fingerprint density at radius 3 is 2.61 bits per heavy atom. The third kappa shape index (κ3) is 2.24. The minimum absolute atomic E-state index is 0.159. The van der Waals surface area contributed by atoms with Crippen molar-refractivity contribution in [2.75, 3.05) is 5.32 Å². The number of rotatable bonds is 2. The third-order valence-corrected chi connectivity index (χ3v) is 2.42. The lowest BCUT2D eigenvalue weighted by Gasteiger charge is -2.06. The molecular formula is C13H11NO4. The molecule has 1 heterocycles. The van der Waals surface area contributed by atoms with Gasteiger partial charge in [-0.3, -0.25) is 9.59 Å². The van der Waals surface area contributed by atoms with Crippen LogP contribution in [0.3, 0.4) is 0 Å². The van der Waals surface area contributed by atoms with Crippen LogP contribution in [0.25, 0.3) is 0 Å². The Morgan fingerprint density at radius 1 is 1.28 bits per heavy atom. The average molecular weight is 245 g/mol. The summed E-state index contributed by atoms with van der Waals surface area (Å²) in [4.78, 5) is 23.6. The van der Waals surface area contributed by atoms with Gasteiger partial charge in [-0.25, -0.2) is 0 Å². The normalized spacial score (nSPS) is 10.1. The second kappa shape index (κ2) is 4.75. The van der Waals surface area contributed by atoms with Crippen molar-refractivity contribution in [3.05, 3.63) is 58.1 Å². The van der Waals surface area contributed by atoms with E-state index in [4.69, 9.17) is 4.42 Å². The van der Waals surface area contributed by atoms with Gasteiger partial charge in [0, 0.05) is 5.69 Å². The number of carbonyl (C=O) groups excluding carboxylic acids is 1. The second-order valence-electron chi connectivity index (χ2n) is 3.70. The molecule has 1 aromatic heterocycles. The molecule has 2 aromatic rings. The van der Waals surface area contributed by atoms with E-state index < -0.39 is 17.1 Å². The summed E-state index contributed by atoms with van der Waals surface area (Å²) < 4.78 is 4.92. The molecule has 0 radical (unpaired) electrons. The lowest BCUT2D eigenvalue weighted by Crippen LogP contribution is -2.22. The molecule has 2 N–H and O–H groups in total. The fourth-order valence-corrected chi connectivity index (χ4v) is 1.52. The number of aromatic hydroxyl groups is 1. The van der Waals surface area contributed by atoms with Gasteiger partial charge in [0.1, 0.15) is 17.6 Å². The molecule has 92 valence electrons. The van der Waals surface area contributed by atoms with Crippen molar-refractivity contribution >= 4 is 11.6 Å². The van der Waals surface area contributed by atoms with Crippen LogP contribution >= 0.6 is 0 Å². The topological polar surface area (TPSA) is 79.5 Å². The lowest BCUT2D eigenvalue weighted by molar-refractivity contribution is 0.102. The molecule has 0 spiro atoms. The van der Waals surface area contributed by atoms with E-state index in [0.29, 0.717) is 5.69 Å². The second-order valence-corrected chi connectivity index (χ2v) is 3.70. The Hall–Kier alpha value is -2.56. The van der Waals surface area contributed by atoms with Crippen LogP contribution in [-0.2, 0) is 0 Å². The number of nitrogens with one attached hydrogen (secondary N) is 1. The fourth-order valence-electron chi connectivity index (χ4n) is 1.52. The Kier molecular flexibility index (Phi) is 3.14. The number of amides is 1. The first-order valence-corrected chi connectivity index (χ1v) is 5.27. The summed E-state index contributed by atoms with van der Waals surface area (Å²) in [5, 5.41) is 11.8. The zero-order valence-corrected chi connectivity index (χ0v) is 9.64. The van der Waals surface area contributed by atoms with E-state index in [1.54, 1.807) is 24.3 Å².